The molecule has 2 N–H and O–H groups in total. The smallest absolute Gasteiger partial charge is 0.234 e. The summed E-state index contributed by atoms with van der Waals surface area (Å²) in [6.07, 6.45) is 2.16. The number of aryl methyl sites for hydroxylation is 3. The Hall–Kier alpha value is -3.75. The second-order valence-electron chi connectivity index (χ2n) is 8.75. The third-order valence-corrected chi connectivity index (χ3v) is 7.24. The van der Waals surface area contributed by atoms with Gasteiger partial charge in [-0.05, 0) is 44.0 Å². The predicted molar refractivity (Wildman–Crippen MR) is 141 cm³/mol. The summed E-state index contributed by atoms with van der Waals surface area (Å²) in [6.45, 7) is 5.79. The van der Waals surface area contributed by atoms with Gasteiger partial charge in [-0.2, -0.15) is 4.98 Å². The SMILES string of the molecule is Cc1ccc(NC(=O)CSc2nc(-c3ccccc3)nc3c2Cc2c(CO)cnc(C)c2O3)cc1C. The molecule has 1 amide bonds. The quantitative estimate of drug-likeness (QED) is 0.239. The summed E-state index contributed by atoms with van der Waals surface area (Å²) in [7, 11) is 0. The highest BCUT2D eigenvalue weighted by Crippen LogP contribution is 2.42. The maximum atomic E-state index is 12.8. The fraction of sp³-hybridized carbons (Fsp3) is 0.214. The highest BCUT2D eigenvalue weighted by Gasteiger charge is 2.28. The van der Waals surface area contributed by atoms with E-state index in [-0.39, 0.29) is 18.3 Å². The number of aliphatic hydroxyl groups is 1. The number of hydrogen-bond donors (Lipinski definition) is 2. The molecule has 0 bridgehead atoms. The zero-order valence-corrected chi connectivity index (χ0v) is 21.1. The van der Waals surface area contributed by atoms with E-state index in [1.165, 1.54) is 17.3 Å². The van der Waals surface area contributed by atoms with Gasteiger partial charge in [-0.1, -0.05) is 48.2 Å². The number of hydrogen-bond acceptors (Lipinski definition) is 7. The lowest BCUT2D eigenvalue weighted by atomic mass is 9.99. The Balaban J connectivity index is 1.47. The number of aromatic nitrogens is 3. The number of ether oxygens (including phenoxy) is 1. The van der Waals surface area contributed by atoms with Gasteiger partial charge < -0.3 is 15.2 Å². The van der Waals surface area contributed by atoms with E-state index in [2.05, 4.69) is 10.3 Å². The van der Waals surface area contributed by atoms with Gasteiger partial charge >= 0.3 is 0 Å². The molecule has 0 unspecified atom stereocenters. The number of carbonyl (C=O) groups is 1. The summed E-state index contributed by atoms with van der Waals surface area (Å²) in [5.41, 5.74) is 7.03. The summed E-state index contributed by atoms with van der Waals surface area (Å²) in [5.74, 6) is 1.66. The number of carbonyl (C=O) groups excluding carboxylic acids is 1. The first-order valence-corrected chi connectivity index (χ1v) is 12.6. The molecule has 1 aliphatic rings. The normalized spacial score (nSPS) is 11.9. The van der Waals surface area contributed by atoms with Crippen molar-refractivity contribution in [3.8, 4) is 23.0 Å². The molecule has 0 spiro atoms. The van der Waals surface area contributed by atoms with Gasteiger partial charge in [-0.3, -0.25) is 9.78 Å². The average Bonchev–Trinajstić information content (AvgIpc) is 2.89. The van der Waals surface area contributed by atoms with Crippen LogP contribution in [-0.2, 0) is 17.8 Å². The Labute approximate surface area is 214 Å². The number of thioether (sulfide) groups is 1. The number of aliphatic hydroxyl groups excluding tert-OH is 1. The van der Waals surface area contributed by atoms with Crippen LogP contribution in [0.25, 0.3) is 11.4 Å². The van der Waals surface area contributed by atoms with Crippen molar-refractivity contribution in [1.29, 1.82) is 0 Å². The molecule has 1 aliphatic heterocycles. The third-order valence-electron chi connectivity index (χ3n) is 6.22. The first-order chi connectivity index (χ1) is 17.4. The maximum Gasteiger partial charge on any atom is 0.234 e. The number of nitrogens with one attached hydrogen (secondary N) is 1. The molecule has 0 aliphatic carbocycles. The van der Waals surface area contributed by atoms with Crippen LogP contribution in [0.2, 0.25) is 0 Å². The predicted octanol–water partition coefficient (Wildman–Crippen LogP) is 5.38. The number of anilines is 1. The zero-order valence-electron chi connectivity index (χ0n) is 20.3. The molecule has 4 aromatic rings. The second kappa shape index (κ2) is 10.1. The molecule has 0 fully saturated rings. The molecule has 2 aromatic heterocycles. The number of nitrogens with zero attached hydrogens (tertiary/aromatic N) is 3. The van der Waals surface area contributed by atoms with Crippen LogP contribution in [-0.4, -0.2) is 31.7 Å². The molecule has 182 valence electrons. The van der Waals surface area contributed by atoms with Gasteiger partial charge in [0.05, 0.1) is 23.6 Å². The largest absolute Gasteiger partial charge is 0.436 e. The van der Waals surface area contributed by atoms with Gasteiger partial charge in [0.25, 0.3) is 0 Å². The van der Waals surface area contributed by atoms with E-state index in [4.69, 9.17) is 14.7 Å². The Morgan fingerprint density at radius 1 is 1.06 bits per heavy atom. The van der Waals surface area contributed by atoms with Crippen LogP contribution in [0, 0.1) is 20.8 Å². The van der Waals surface area contributed by atoms with Crippen LogP contribution >= 0.6 is 11.8 Å². The van der Waals surface area contributed by atoms with Crippen LogP contribution in [0.1, 0.15) is 33.5 Å². The standard InChI is InChI=1S/C28H26N4O3S/c1-16-9-10-21(11-17(16)2)30-24(34)15-36-28-23-12-22-20(14-33)13-29-18(3)25(22)35-27(23)31-26(32-28)19-7-5-4-6-8-19/h4-11,13,33H,12,14-15H2,1-3H3,(H,30,34). The summed E-state index contributed by atoms with van der Waals surface area (Å²) in [4.78, 5) is 26.7. The summed E-state index contributed by atoms with van der Waals surface area (Å²) in [6, 6.07) is 15.5. The fourth-order valence-electron chi connectivity index (χ4n) is 4.08. The van der Waals surface area contributed by atoms with E-state index in [0.29, 0.717) is 34.5 Å². The minimum Gasteiger partial charge on any atom is -0.436 e. The van der Waals surface area contributed by atoms with Gasteiger partial charge in [0, 0.05) is 35.0 Å². The molecule has 8 heteroatoms. The van der Waals surface area contributed by atoms with E-state index in [1.807, 2.05) is 69.3 Å². The first-order valence-electron chi connectivity index (χ1n) is 11.6. The van der Waals surface area contributed by atoms with Crippen LogP contribution in [0.5, 0.6) is 11.6 Å². The highest BCUT2D eigenvalue weighted by atomic mass is 32.2. The molecule has 5 rings (SSSR count). The summed E-state index contributed by atoms with van der Waals surface area (Å²) < 4.78 is 6.24. The molecule has 0 atom stereocenters. The lowest BCUT2D eigenvalue weighted by Crippen LogP contribution is -2.16. The maximum absolute atomic E-state index is 12.8. The van der Waals surface area contributed by atoms with Gasteiger partial charge in [-0.15, -0.1) is 0 Å². The second-order valence-corrected chi connectivity index (χ2v) is 9.72. The summed E-state index contributed by atoms with van der Waals surface area (Å²) >= 11 is 1.35. The van der Waals surface area contributed by atoms with Crippen LogP contribution in [0.15, 0.2) is 59.8 Å². The molecule has 7 nitrogen and oxygen atoms in total. The summed E-state index contributed by atoms with van der Waals surface area (Å²) in [5, 5.41) is 13.5. The van der Waals surface area contributed by atoms with Crippen molar-refractivity contribution in [3.05, 3.63) is 88.2 Å². The number of amides is 1. The van der Waals surface area contributed by atoms with E-state index in [9.17, 15) is 9.90 Å². The number of benzene rings is 2. The molecule has 0 radical (unpaired) electrons. The molecular weight excluding hydrogens is 472 g/mol. The Bertz CT molecular complexity index is 1460. The molecule has 3 heterocycles. The number of rotatable bonds is 6. The molecule has 0 saturated carbocycles. The minimum absolute atomic E-state index is 0.120. The number of fused-ring (bicyclic) bond motifs is 2. The first kappa shape index (κ1) is 24.0. The average molecular weight is 499 g/mol. The zero-order chi connectivity index (χ0) is 25.2. The topological polar surface area (TPSA) is 97.2 Å². The third kappa shape index (κ3) is 4.82. The van der Waals surface area contributed by atoms with Crippen LogP contribution < -0.4 is 10.1 Å². The van der Waals surface area contributed by atoms with E-state index in [1.54, 1.807) is 6.20 Å². The van der Waals surface area contributed by atoms with Crippen molar-refractivity contribution in [1.82, 2.24) is 15.0 Å². The monoisotopic (exact) mass is 498 g/mol. The van der Waals surface area contributed by atoms with Crippen molar-refractivity contribution in [2.75, 3.05) is 11.1 Å². The van der Waals surface area contributed by atoms with Crippen molar-refractivity contribution in [3.63, 3.8) is 0 Å². The van der Waals surface area contributed by atoms with Crippen molar-refractivity contribution < 1.29 is 14.6 Å². The fourth-order valence-corrected chi connectivity index (χ4v) is 4.90. The van der Waals surface area contributed by atoms with E-state index >= 15 is 0 Å². The Morgan fingerprint density at radius 3 is 2.61 bits per heavy atom. The van der Waals surface area contributed by atoms with Gasteiger partial charge in [0.2, 0.25) is 11.8 Å². The van der Waals surface area contributed by atoms with Crippen LogP contribution in [0.4, 0.5) is 5.69 Å². The highest BCUT2D eigenvalue weighted by molar-refractivity contribution is 8.00. The van der Waals surface area contributed by atoms with Gasteiger partial charge in [-0.25, -0.2) is 4.98 Å². The minimum atomic E-state index is -0.141. The Morgan fingerprint density at radius 2 is 1.86 bits per heavy atom. The molecule has 36 heavy (non-hydrogen) atoms. The number of pyridine rings is 1. The van der Waals surface area contributed by atoms with E-state index in [0.717, 1.165) is 33.6 Å². The lowest BCUT2D eigenvalue weighted by molar-refractivity contribution is -0.113. The van der Waals surface area contributed by atoms with E-state index < -0.39 is 0 Å². The van der Waals surface area contributed by atoms with Gasteiger partial charge in [0.1, 0.15) is 5.03 Å². The lowest BCUT2D eigenvalue weighted by Gasteiger charge is -2.24. The van der Waals surface area contributed by atoms with Gasteiger partial charge in [0.15, 0.2) is 11.6 Å². The van der Waals surface area contributed by atoms with Crippen molar-refractivity contribution in [2.45, 2.75) is 38.8 Å². The Kier molecular flexibility index (Phi) is 6.71. The van der Waals surface area contributed by atoms with Crippen molar-refractivity contribution in [2.24, 2.45) is 0 Å². The molecular formula is C28H26N4O3S. The van der Waals surface area contributed by atoms with Crippen LogP contribution in [0.3, 0.4) is 0 Å². The molecule has 0 saturated heterocycles. The van der Waals surface area contributed by atoms with Crippen molar-refractivity contribution >= 4 is 23.4 Å². The molecule has 2 aromatic carbocycles.